The number of hydrogen-bond donors (Lipinski definition) is 2. The van der Waals surface area contributed by atoms with Gasteiger partial charge in [0.25, 0.3) is 5.91 Å². The molecule has 0 bridgehead atoms. The molecule has 2 aromatic carbocycles. The highest BCUT2D eigenvalue weighted by Gasteiger charge is 2.17. The molecule has 3 aromatic rings. The van der Waals surface area contributed by atoms with Crippen LogP contribution < -0.4 is 24.8 Å². The second kappa shape index (κ2) is 10.8. The molecule has 0 unspecified atom stereocenters. The molecule has 2 amide bonds. The fraction of sp³-hybridized carbons (Fsp3) is 0.273. The number of ether oxygens (including phenoxy) is 3. The van der Waals surface area contributed by atoms with Gasteiger partial charge in [-0.05, 0) is 49.4 Å². The Bertz CT molecular complexity index is 1060. The van der Waals surface area contributed by atoms with E-state index in [4.69, 9.17) is 18.7 Å². The van der Waals surface area contributed by atoms with Crippen molar-refractivity contribution in [2.24, 2.45) is 0 Å². The highest BCUT2D eigenvalue weighted by Crippen LogP contribution is 2.31. The van der Waals surface area contributed by atoms with Crippen LogP contribution in [0.25, 0.3) is 11.4 Å². The standard InChI is InChI=1S/C22H24N4O6/c1-4-31-16-8-5-14(6-9-16)20(27)23-11-12-24-21(28)22-25-19(26-32-22)15-7-10-17(29-2)18(13-15)30-3/h5-10,13H,4,11-12H2,1-3H3,(H,23,27)(H,24,28). The molecule has 0 spiro atoms. The Morgan fingerprint density at radius 3 is 2.28 bits per heavy atom. The van der Waals surface area contributed by atoms with Gasteiger partial charge in [-0.3, -0.25) is 9.59 Å². The van der Waals surface area contributed by atoms with Gasteiger partial charge in [0.2, 0.25) is 5.82 Å². The van der Waals surface area contributed by atoms with Crippen LogP contribution >= 0.6 is 0 Å². The summed E-state index contributed by atoms with van der Waals surface area (Å²) < 4.78 is 20.8. The van der Waals surface area contributed by atoms with Crippen LogP contribution in [0.3, 0.4) is 0 Å². The molecule has 0 saturated carbocycles. The van der Waals surface area contributed by atoms with E-state index in [0.717, 1.165) is 0 Å². The van der Waals surface area contributed by atoms with Gasteiger partial charge in [0.05, 0.1) is 20.8 Å². The molecule has 1 heterocycles. The van der Waals surface area contributed by atoms with Gasteiger partial charge in [-0.15, -0.1) is 0 Å². The highest BCUT2D eigenvalue weighted by molar-refractivity contribution is 5.94. The van der Waals surface area contributed by atoms with Crippen LogP contribution in [0.15, 0.2) is 47.0 Å². The van der Waals surface area contributed by atoms with Gasteiger partial charge in [-0.25, -0.2) is 0 Å². The Hall–Kier alpha value is -4.08. The largest absolute Gasteiger partial charge is 0.494 e. The van der Waals surface area contributed by atoms with Crippen molar-refractivity contribution < 1.29 is 28.3 Å². The molecule has 0 saturated heterocycles. The Morgan fingerprint density at radius 2 is 1.62 bits per heavy atom. The van der Waals surface area contributed by atoms with E-state index in [1.165, 1.54) is 14.2 Å². The van der Waals surface area contributed by atoms with Crippen molar-refractivity contribution in [3.05, 3.63) is 53.9 Å². The van der Waals surface area contributed by atoms with Crippen LogP contribution in [0, 0.1) is 0 Å². The van der Waals surface area contributed by atoms with E-state index >= 15 is 0 Å². The molecule has 0 fully saturated rings. The monoisotopic (exact) mass is 440 g/mol. The maximum Gasteiger partial charge on any atom is 0.316 e. The van der Waals surface area contributed by atoms with Crippen molar-refractivity contribution in [2.75, 3.05) is 33.9 Å². The number of benzene rings is 2. The maximum atomic E-state index is 12.2. The van der Waals surface area contributed by atoms with E-state index in [-0.39, 0.29) is 30.7 Å². The van der Waals surface area contributed by atoms with Gasteiger partial charge >= 0.3 is 11.8 Å². The Labute approximate surface area is 184 Å². The minimum atomic E-state index is -0.542. The van der Waals surface area contributed by atoms with Gasteiger partial charge in [0.1, 0.15) is 5.75 Å². The molecule has 3 rings (SSSR count). The van der Waals surface area contributed by atoms with E-state index in [0.29, 0.717) is 35.0 Å². The summed E-state index contributed by atoms with van der Waals surface area (Å²) in [5.41, 5.74) is 1.10. The molecule has 10 nitrogen and oxygen atoms in total. The summed E-state index contributed by atoms with van der Waals surface area (Å²) in [5.74, 6) is 1.01. The molecule has 0 atom stereocenters. The molecule has 0 aliphatic carbocycles. The molecule has 32 heavy (non-hydrogen) atoms. The lowest BCUT2D eigenvalue weighted by atomic mass is 10.2. The topological polar surface area (TPSA) is 125 Å². The van der Waals surface area contributed by atoms with E-state index in [1.54, 1.807) is 42.5 Å². The van der Waals surface area contributed by atoms with Crippen LogP contribution in [-0.2, 0) is 0 Å². The minimum absolute atomic E-state index is 0.187. The lowest BCUT2D eigenvalue weighted by molar-refractivity contribution is 0.0898. The van der Waals surface area contributed by atoms with E-state index in [1.807, 2.05) is 6.92 Å². The summed E-state index contributed by atoms with van der Waals surface area (Å²) in [5, 5.41) is 9.18. The number of aromatic nitrogens is 2. The molecular weight excluding hydrogens is 416 g/mol. The summed E-state index contributed by atoms with van der Waals surface area (Å²) in [4.78, 5) is 28.5. The van der Waals surface area contributed by atoms with Crippen molar-refractivity contribution in [3.63, 3.8) is 0 Å². The normalized spacial score (nSPS) is 10.3. The van der Waals surface area contributed by atoms with E-state index < -0.39 is 5.91 Å². The van der Waals surface area contributed by atoms with Crippen molar-refractivity contribution in [1.82, 2.24) is 20.8 Å². The second-order valence-electron chi connectivity index (χ2n) is 6.46. The zero-order valence-corrected chi connectivity index (χ0v) is 18.0. The highest BCUT2D eigenvalue weighted by atomic mass is 16.5. The predicted molar refractivity (Wildman–Crippen MR) is 115 cm³/mol. The molecule has 2 N–H and O–H groups in total. The number of amides is 2. The predicted octanol–water partition coefficient (Wildman–Crippen LogP) is 2.31. The van der Waals surface area contributed by atoms with E-state index in [9.17, 15) is 9.59 Å². The Kier molecular flexibility index (Phi) is 7.63. The number of nitrogens with one attached hydrogen (secondary N) is 2. The fourth-order valence-corrected chi connectivity index (χ4v) is 2.81. The molecule has 0 radical (unpaired) electrons. The second-order valence-corrected chi connectivity index (χ2v) is 6.46. The first kappa shape index (κ1) is 22.6. The van der Waals surface area contributed by atoms with Crippen LogP contribution in [0.5, 0.6) is 17.2 Å². The van der Waals surface area contributed by atoms with Crippen LogP contribution in [0.4, 0.5) is 0 Å². The van der Waals surface area contributed by atoms with Gasteiger partial charge in [0.15, 0.2) is 11.5 Å². The first-order valence-corrected chi connectivity index (χ1v) is 9.91. The average molecular weight is 440 g/mol. The fourth-order valence-electron chi connectivity index (χ4n) is 2.81. The van der Waals surface area contributed by atoms with Gasteiger partial charge < -0.3 is 29.4 Å². The maximum absolute atomic E-state index is 12.2. The number of carbonyl (C=O) groups excluding carboxylic acids is 2. The molecule has 0 aliphatic heterocycles. The van der Waals surface area contributed by atoms with Crippen LogP contribution in [0.2, 0.25) is 0 Å². The first-order valence-electron chi connectivity index (χ1n) is 9.91. The number of nitrogens with zero attached hydrogens (tertiary/aromatic N) is 2. The number of hydrogen-bond acceptors (Lipinski definition) is 8. The van der Waals surface area contributed by atoms with Gasteiger partial charge in [-0.2, -0.15) is 4.98 Å². The smallest absolute Gasteiger partial charge is 0.316 e. The molecule has 168 valence electrons. The lowest BCUT2D eigenvalue weighted by Crippen LogP contribution is -2.34. The summed E-state index contributed by atoms with van der Waals surface area (Å²) in [6.45, 7) is 2.87. The molecule has 10 heteroatoms. The lowest BCUT2D eigenvalue weighted by Gasteiger charge is -2.07. The number of carbonyl (C=O) groups is 2. The zero-order chi connectivity index (χ0) is 22.9. The SMILES string of the molecule is CCOc1ccc(C(=O)NCCNC(=O)c2nc(-c3ccc(OC)c(OC)c3)no2)cc1. The van der Waals surface area contributed by atoms with Gasteiger partial charge in [0, 0.05) is 24.2 Å². The third-order valence-electron chi connectivity index (χ3n) is 4.39. The zero-order valence-electron chi connectivity index (χ0n) is 18.0. The quantitative estimate of drug-likeness (QED) is 0.460. The van der Waals surface area contributed by atoms with Gasteiger partial charge in [-0.1, -0.05) is 5.16 Å². The number of methoxy groups -OCH3 is 2. The van der Waals surface area contributed by atoms with Crippen molar-refractivity contribution >= 4 is 11.8 Å². The van der Waals surface area contributed by atoms with E-state index in [2.05, 4.69) is 20.8 Å². The first-order chi connectivity index (χ1) is 15.5. The third-order valence-corrected chi connectivity index (χ3v) is 4.39. The summed E-state index contributed by atoms with van der Waals surface area (Å²) in [6.07, 6.45) is 0. The molecular formula is C22H24N4O6. The average Bonchev–Trinajstić information content (AvgIpc) is 3.32. The Balaban J connectivity index is 1.49. The van der Waals surface area contributed by atoms with Crippen LogP contribution in [0.1, 0.15) is 28.0 Å². The Morgan fingerprint density at radius 1 is 0.938 bits per heavy atom. The third kappa shape index (κ3) is 5.54. The molecule has 1 aromatic heterocycles. The summed E-state index contributed by atoms with van der Waals surface area (Å²) in [6, 6.07) is 11.9. The minimum Gasteiger partial charge on any atom is -0.494 e. The number of rotatable bonds is 10. The van der Waals surface area contributed by atoms with Crippen LogP contribution in [-0.4, -0.2) is 55.9 Å². The van der Waals surface area contributed by atoms with Crippen molar-refractivity contribution in [1.29, 1.82) is 0 Å². The van der Waals surface area contributed by atoms with Crippen molar-refractivity contribution in [3.8, 4) is 28.6 Å². The summed E-state index contributed by atoms with van der Waals surface area (Å²) in [7, 11) is 3.06. The summed E-state index contributed by atoms with van der Waals surface area (Å²) >= 11 is 0. The molecule has 0 aliphatic rings. The van der Waals surface area contributed by atoms with Crippen molar-refractivity contribution in [2.45, 2.75) is 6.92 Å².